The van der Waals surface area contributed by atoms with Gasteiger partial charge in [0.15, 0.2) is 0 Å². The third kappa shape index (κ3) is 2.07. The van der Waals surface area contributed by atoms with Gasteiger partial charge in [0.05, 0.1) is 0 Å². The molecular weight excluding hydrogens is 208 g/mol. The van der Waals surface area contributed by atoms with Gasteiger partial charge in [-0.2, -0.15) is 0 Å². The van der Waals surface area contributed by atoms with Crippen molar-refractivity contribution >= 4 is 11.3 Å². The van der Waals surface area contributed by atoms with Crippen molar-refractivity contribution in [3.05, 3.63) is 16.6 Å². The van der Waals surface area contributed by atoms with Gasteiger partial charge in [-0.25, -0.2) is 4.98 Å². The number of aliphatic hydroxyl groups is 1. The van der Waals surface area contributed by atoms with Crippen molar-refractivity contribution < 1.29 is 5.11 Å². The molecular formula is C11H18N2OS. The molecule has 0 saturated carbocycles. The first kappa shape index (κ1) is 11.0. The maximum Gasteiger partial charge on any atom is 0.125 e. The molecule has 0 amide bonds. The van der Waals surface area contributed by atoms with Crippen molar-refractivity contribution in [2.45, 2.75) is 31.8 Å². The molecule has 2 rings (SSSR count). The number of thiazole rings is 1. The van der Waals surface area contributed by atoms with Gasteiger partial charge in [-0.3, -0.25) is 0 Å². The maximum atomic E-state index is 10.7. The smallest absolute Gasteiger partial charge is 0.125 e. The van der Waals surface area contributed by atoms with Gasteiger partial charge in [-0.1, -0.05) is 6.92 Å². The fraction of sp³-hybridized carbons (Fsp3) is 0.727. The zero-order valence-corrected chi connectivity index (χ0v) is 9.89. The lowest BCUT2D eigenvalue weighted by Gasteiger charge is -2.36. The predicted octanol–water partition coefficient (Wildman–Crippen LogP) is 1.74. The summed E-state index contributed by atoms with van der Waals surface area (Å²) in [6.45, 7) is 4.02. The fourth-order valence-electron chi connectivity index (χ4n) is 2.31. The number of aromatic nitrogens is 1. The molecule has 2 heterocycles. The molecule has 84 valence electrons. The summed E-state index contributed by atoms with van der Waals surface area (Å²) in [4.78, 5) is 4.28. The van der Waals surface area contributed by atoms with Gasteiger partial charge < -0.3 is 10.4 Å². The number of hydrogen-bond donors (Lipinski definition) is 2. The van der Waals surface area contributed by atoms with E-state index in [2.05, 4.69) is 10.3 Å². The minimum absolute atomic E-state index is 0.308. The molecule has 0 aromatic carbocycles. The van der Waals surface area contributed by atoms with Gasteiger partial charge in [0, 0.05) is 24.0 Å². The highest BCUT2D eigenvalue weighted by atomic mass is 32.1. The summed E-state index contributed by atoms with van der Waals surface area (Å²) in [6.07, 6.45) is 4.76. The van der Waals surface area contributed by atoms with Crippen LogP contribution in [0.3, 0.4) is 0 Å². The molecule has 1 aromatic rings. The van der Waals surface area contributed by atoms with Crippen molar-refractivity contribution in [2.24, 2.45) is 5.92 Å². The summed E-state index contributed by atoms with van der Waals surface area (Å²) >= 11 is 1.56. The van der Waals surface area contributed by atoms with Crippen LogP contribution in [-0.4, -0.2) is 23.2 Å². The van der Waals surface area contributed by atoms with E-state index in [0.29, 0.717) is 5.92 Å². The quantitative estimate of drug-likeness (QED) is 0.825. The van der Waals surface area contributed by atoms with Gasteiger partial charge in [0.25, 0.3) is 0 Å². The number of hydrogen-bond acceptors (Lipinski definition) is 4. The number of rotatable bonds is 3. The minimum Gasteiger partial charge on any atom is -0.382 e. The van der Waals surface area contributed by atoms with Gasteiger partial charge >= 0.3 is 0 Å². The molecule has 0 radical (unpaired) electrons. The third-order valence-electron chi connectivity index (χ3n) is 3.31. The Kier molecular flexibility index (Phi) is 3.38. The molecule has 0 bridgehead atoms. The summed E-state index contributed by atoms with van der Waals surface area (Å²) in [5, 5.41) is 16.9. The Morgan fingerprint density at radius 2 is 2.60 bits per heavy atom. The summed E-state index contributed by atoms with van der Waals surface area (Å²) < 4.78 is 0. The second-order valence-corrected chi connectivity index (χ2v) is 5.05. The lowest BCUT2D eigenvalue weighted by molar-refractivity contribution is -0.0368. The average Bonchev–Trinajstić information content (AvgIpc) is 2.83. The van der Waals surface area contributed by atoms with Crippen LogP contribution >= 0.6 is 11.3 Å². The first-order valence-corrected chi connectivity index (χ1v) is 6.48. The van der Waals surface area contributed by atoms with Crippen LogP contribution < -0.4 is 5.32 Å². The second kappa shape index (κ2) is 4.60. The van der Waals surface area contributed by atoms with E-state index in [1.807, 2.05) is 12.3 Å². The standard InChI is InChI=1S/C11H18N2OS/c1-2-11(14,10-13-6-7-15-10)9-4-3-5-12-8-9/h6-7,9,12,14H,2-5,8H2,1H3. The third-order valence-corrected chi connectivity index (χ3v) is 4.25. The van der Waals surface area contributed by atoms with E-state index < -0.39 is 5.60 Å². The molecule has 1 aromatic heterocycles. The van der Waals surface area contributed by atoms with E-state index in [4.69, 9.17) is 0 Å². The molecule has 2 N–H and O–H groups in total. The van der Waals surface area contributed by atoms with Crippen LogP contribution in [0.4, 0.5) is 0 Å². The van der Waals surface area contributed by atoms with Gasteiger partial charge in [0.2, 0.25) is 0 Å². The van der Waals surface area contributed by atoms with E-state index in [1.165, 1.54) is 0 Å². The molecule has 4 heteroatoms. The van der Waals surface area contributed by atoms with Gasteiger partial charge in [-0.05, 0) is 25.8 Å². The molecule has 1 aliphatic heterocycles. The van der Waals surface area contributed by atoms with E-state index in [0.717, 1.165) is 37.4 Å². The maximum absolute atomic E-state index is 10.7. The number of piperidine rings is 1. The monoisotopic (exact) mass is 226 g/mol. The van der Waals surface area contributed by atoms with E-state index in [1.54, 1.807) is 17.5 Å². The molecule has 15 heavy (non-hydrogen) atoms. The van der Waals surface area contributed by atoms with Crippen molar-refractivity contribution in [1.82, 2.24) is 10.3 Å². The average molecular weight is 226 g/mol. The van der Waals surface area contributed by atoms with Gasteiger partial charge in [-0.15, -0.1) is 11.3 Å². The van der Waals surface area contributed by atoms with E-state index in [9.17, 15) is 5.11 Å². The van der Waals surface area contributed by atoms with Crippen molar-refractivity contribution in [3.63, 3.8) is 0 Å². The van der Waals surface area contributed by atoms with E-state index in [-0.39, 0.29) is 0 Å². The normalized spacial score (nSPS) is 26.1. The summed E-state index contributed by atoms with van der Waals surface area (Å²) in [5.74, 6) is 0.308. The van der Waals surface area contributed by atoms with Crippen molar-refractivity contribution in [3.8, 4) is 0 Å². The van der Waals surface area contributed by atoms with Gasteiger partial charge in [0.1, 0.15) is 10.6 Å². The molecule has 0 aliphatic carbocycles. The first-order valence-electron chi connectivity index (χ1n) is 5.60. The van der Waals surface area contributed by atoms with Crippen molar-refractivity contribution in [1.29, 1.82) is 0 Å². The lowest BCUT2D eigenvalue weighted by atomic mass is 9.81. The highest BCUT2D eigenvalue weighted by Crippen LogP contribution is 2.37. The Hall–Kier alpha value is -0.450. The zero-order valence-electron chi connectivity index (χ0n) is 9.07. The van der Waals surface area contributed by atoms with E-state index >= 15 is 0 Å². The van der Waals surface area contributed by atoms with Crippen LogP contribution in [0.25, 0.3) is 0 Å². The van der Waals surface area contributed by atoms with Crippen LogP contribution in [-0.2, 0) is 5.60 Å². The molecule has 2 atom stereocenters. The summed E-state index contributed by atoms with van der Waals surface area (Å²) in [6, 6.07) is 0. The molecule has 2 unspecified atom stereocenters. The predicted molar refractivity (Wildman–Crippen MR) is 61.9 cm³/mol. The molecule has 1 fully saturated rings. The second-order valence-electron chi connectivity index (χ2n) is 4.16. The SMILES string of the molecule is CCC(O)(c1nccs1)C1CCCNC1. The van der Waals surface area contributed by atoms with Crippen LogP contribution in [0.5, 0.6) is 0 Å². The summed E-state index contributed by atoms with van der Waals surface area (Å²) in [5.41, 5.74) is -0.721. The largest absolute Gasteiger partial charge is 0.382 e. The summed E-state index contributed by atoms with van der Waals surface area (Å²) in [7, 11) is 0. The number of nitrogens with one attached hydrogen (secondary N) is 1. The molecule has 3 nitrogen and oxygen atoms in total. The highest BCUT2D eigenvalue weighted by Gasteiger charge is 2.39. The molecule has 1 saturated heterocycles. The number of nitrogens with zero attached hydrogens (tertiary/aromatic N) is 1. The zero-order chi connectivity index (χ0) is 10.7. The fourth-order valence-corrected chi connectivity index (χ4v) is 3.20. The Labute approximate surface area is 94.5 Å². The Morgan fingerprint density at radius 3 is 3.13 bits per heavy atom. The lowest BCUT2D eigenvalue weighted by Crippen LogP contribution is -2.43. The van der Waals surface area contributed by atoms with Crippen LogP contribution in [0.15, 0.2) is 11.6 Å². The Balaban J connectivity index is 2.20. The van der Waals surface area contributed by atoms with Crippen LogP contribution in [0.2, 0.25) is 0 Å². The van der Waals surface area contributed by atoms with Crippen molar-refractivity contribution in [2.75, 3.05) is 13.1 Å². The molecule has 1 aliphatic rings. The van der Waals surface area contributed by atoms with Crippen LogP contribution in [0.1, 0.15) is 31.2 Å². The Bertz CT molecular complexity index is 296. The minimum atomic E-state index is -0.721. The van der Waals surface area contributed by atoms with Crippen LogP contribution in [0, 0.1) is 5.92 Å². The molecule has 0 spiro atoms. The first-order chi connectivity index (χ1) is 7.27. The highest BCUT2D eigenvalue weighted by molar-refractivity contribution is 7.09. The topological polar surface area (TPSA) is 45.2 Å². The Morgan fingerprint density at radius 1 is 1.73 bits per heavy atom.